The van der Waals surface area contributed by atoms with Gasteiger partial charge in [-0.25, -0.2) is 4.98 Å². The van der Waals surface area contributed by atoms with Gasteiger partial charge >= 0.3 is 0 Å². The highest BCUT2D eigenvalue weighted by molar-refractivity contribution is 5.35. The molecule has 4 nitrogen and oxygen atoms in total. The van der Waals surface area contributed by atoms with Crippen molar-refractivity contribution in [3.05, 3.63) is 59.5 Å². The summed E-state index contributed by atoms with van der Waals surface area (Å²) in [6, 6.07) is 3.97. The number of nitrogens with two attached hydrogens (primary N) is 2. The van der Waals surface area contributed by atoms with E-state index in [1.165, 1.54) is 11.3 Å². The number of nitrogen functional groups attached to an aromatic ring is 1. The Morgan fingerprint density at radius 3 is 2.70 bits per heavy atom. The normalized spacial score (nSPS) is 12.3. The van der Waals surface area contributed by atoms with Crippen LogP contribution in [0.2, 0.25) is 0 Å². The van der Waals surface area contributed by atoms with Crippen molar-refractivity contribution in [1.82, 2.24) is 9.88 Å². The SMILES string of the molecule is C=C/C(=C\C(=C/C)N(C)CCCN)CCc1cc(C)cc(N)n1. The quantitative estimate of drug-likeness (QED) is 0.687. The van der Waals surface area contributed by atoms with Gasteiger partial charge in [0, 0.05) is 25.0 Å². The first-order valence-electron chi connectivity index (χ1n) is 8.13. The van der Waals surface area contributed by atoms with E-state index >= 15 is 0 Å². The Morgan fingerprint density at radius 2 is 2.13 bits per heavy atom. The third-order valence-corrected chi connectivity index (χ3v) is 3.74. The summed E-state index contributed by atoms with van der Waals surface area (Å²) in [7, 11) is 2.09. The van der Waals surface area contributed by atoms with Crippen molar-refractivity contribution in [2.45, 2.75) is 33.1 Å². The van der Waals surface area contributed by atoms with Crippen LogP contribution in [0.15, 0.2) is 48.2 Å². The summed E-state index contributed by atoms with van der Waals surface area (Å²) in [5, 5.41) is 0. The van der Waals surface area contributed by atoms with Crippen LogP contribution in [-0.4, -0.2) is 30.0 Å². The number of likely N-dealkylation sites (N-methyl/N-ethyl adjacent to an activating group) is 1. The van der Waals surface area contributed by atoms with Crippen molar-refractivity contribution in [1.29, 1.82) is 0 Å². The van der Waals surface area contributed by atoms with Gasteiger partial charge in [0.15, 0.2) is 0 Å². The second kappa shape index (κ2) is 9.85. The van der Waals surface area contributed by atoms with Gasteiger partial charge in [-0.15, -0.1) is 0 Å². The number of hydrogen-bond acceptors (Lipinski definition) is 4. The molecule has 0 saturated heterocycles. The molecule has 0 unspecified atom stereocenters. The average Bonchev–Trinajstić information content (AvgIpc) is 2.52. The number of allylic oxidation sites excluding steroid dienone is 4. The molecule has 0 fully saturated rings. The largest absolute Gasteiger partial charge is 0.384 e. The zero-order valence-electron chi connectivity index (χ0n) is 14.7. The number of aromatic nitrogens is 1. The van der Waals surface area contributed by atoms with Gasteiger partial charge < -0.3 is 16.4 Å². The standard InChI is InChI=1S/C19H30N4/c1-5-16(14-18(6-2)23(4)11-7-10-20)8-9-17-12-15(3)13-19(21)22-17/h5-6,12-14H,1,7-11,20H2,2-4H3,(H2,21,22)/b16-14+,18-6+. The molecule has 1 rings (SSSR count). The fraction of sp³-hybridized carbons (Fsp3) is 0.421. The molecule has 0 spiro atoms. The van der Waals surface area contributed by atoms with Crippen LogP contribution in [0.1, 0.15) is 31.0 Å². The van der Waals surface area contributed by atoms with Crippen LogP contribution >= 0.6 is 0 Å². The molecule has 4 heteroatoms. The lowest BCUT2D eigenvalue weighted by Gasteiger charge is -2.20. The summed E-state index contributed by atoms with van der Waals surface area (Å²) in [5.41, 5.74) is 15.9. The smallest absolute Gasteiger partial charge is 0.123 e. The van der Waals surface area contributed by atoms with Gasteiger partial charge in [0.05, 0.1) is 0 Å². The molecule has 0 aromatic carbocycles. The van der Waals surface area contributed by atoms with Gasteiger partial charge in [-0.2, -0.15) is 0 Å². The fourth-order valence-corrected chi connectivity index (χ4v) is 2.46. The Labute approximate surface area is 140 Å². The Morgan fingerprint density at radius 1 is 1.39 bits per heavy atom. The number of aryl methyl sites for hydroxylation is 2. The predicted molar refractivity (Wildman–Crippen MR) is 100 cm³/mol. The second-order valence-electron chi connectivity index (χ2n) is 5.76. The van der Waals surface area contributed by atoms with Crippen molar-refractivity contribution >= 4 is 5.82 Å². The van der Waals surface area contributed by atoms with Crippen molar-refractivity contribution in [3.63, 3.8) is 0 Å². The maximum absolute atomic E-state index is 5.81. The van der Waals surface area contributed by atoms with Gasteiger partial charge in [-0.3, -0.25) is 0 Å². The molecule has 23 heavy (non-hydrogen) atoms. The van der Waals surface area contributed by atoms with E-state index in [0.29, 0.717) is 12.4 Å². The van der Waals surface area contributed by atoms with E-state index in [-0.39, 0.29) is 0 Å². The van der Waals surface area contributed by atoms with E-state index in [1.807, 2.05) is 26.0 Å². The molecule has 1 aromatic heterocycles. The lowest BCUT2D eigenvalue weighted by atomic mass is 10.1. The van der Waals surface area contributed by atoms with E-state index in [0.717, 1.165) is 37.1 Å². The van der Waals surface area contributed by atoms with Crippen LogP contribution < -0.4 is 11.5 Å². The van der Waals surface area contributed by atoms with Crippen molar-refractivity contribution in [2.24, 2.45) is 5.73 Å². The number of pyridine rings is 1. The average molecular weight is 314 g/mol. The highest BCUT2D eigenvalue weighted by atomic mass is 15.1. The van der Waals surface area contributed by atoms with E-state index in [9.17, 15) is 0 Å². The highest BCUT2D eigenvalue weighted by Gasteiger charge is 2.04. The molecule has 0 bridgehead atoms. The van der Waals surface area contributed by atoms with Crippen LogP contribution in [0.3, 0.4) is 0 Å². The number of rotatable bonds is 9. The molecule has 0 saturated carbocycles. The van der Waals surface area contributed by atoms with Crippen molar-refractivity contribution < 1.29 is 0 Å². The van der Waals surface area contributed by atoms with Crippen molar-refractivity contribution in [2.75, 3.05) is 25.9 Å². The zero-order chi connectivity index (χ0) is 17.2. The topological polar surface area (TPSA) is 68.2 Å². The molecule has 0 aliphatic rings. The summed E-state index contributed by atoms with van der Waals surface area (Å²) < 4.78 is 0. The molecular weight excluding hydrogens is 284 g/mol. The summed E-state index contributed by atoms with van der Waals surface area (Å²) in [6.45, 7) is 9.69. The number of anilines is 1. The molecule has 1 aromatic rings. The lowest BCUT2D eigenvalue weighted by Crippen LogP contribution is -2.20. The zero-order valence-corrected chi connectivity index (χ0v) is 14.7. The molecule has 0 aliphatic carbocycles. The van der Waals surface area contributed by atoms with Crippen LogP contribution in [0.4, 0.5) is 5.82 Å². The maximum atomic E-state index is 5.81. The molecule has 1 heterocycles. The highest BCUT2D eigenvalue weighted by Crippen LogP contribution is 2.15. The van der Waals surface area contributed by atoms with Gasteiger partial charge in [-0.05, 0) is 69.0 Å². The minimum Gasteiger partial charge on any atom is -0.384 e. The minimum absolute atomic E-state index is 0.583. The summed E-state index contributed by atoms with van der Waals surface area (Å²) in [6.07, 6.45) is 8.94. The van der Waals surface area contributed by atoms with Gasteiger partial charge in [0.1, 0.15) is 5.82 Å². The first kappa shape index (κ1) is 19.0. The lowest BCUT2D eigenvalue weighted by molar-refractivity contribution is 0.422. The first-order chi connectivity index (χ1) is 11.0. The van der Waals surface area contributed by atoms with E-state index in [1.54, 1.807) is 0 Å². The third kappa shape index (κ3) is 6.70. The monoisotopic (exact) mass is 314 g/mol. The maximum Gasteiger partial charge on any atom is 0.123 e. The van der Waals surface area contributed by atoms with Crippen molar-refractivity contribution in [3.8, 4) is 0 Å². The van der Waals surface area contributed by atoms with E-state index < -0.39 is 0 Å². The molecule has 0 atom stereocenters. The molecular formula is C19H30N4. The summed E-state index contributed by atoms with van der Waals surface area (Å²) in [4.78, 5) is 6.61. The van der Waals surface area contributed by atoms with Gasteiger partial charge in [-0.1, -0.05) is 18.7 Å². The minimum atomic E-state index is 0.583. The molecule has 0 radical (unpaired) electrons. The Balaban J connectivity index is 2.76. The van der Waals surface area contributed by atoms with E-state index in [4.69, 9.17) is 11.5 Å². The number of nitrogens with zero attached hydrogens (tertiary/aromatic N) is 2. The van der Waals surface area contributed by atoms with E-state index in [2.05, 4.69) is 41.7 Å². The van der Waals surface area contributed by atoms with Crippen LogP contribution in [0.25, 0.3) is 0 Å². The molecule has 0 amide bonds. The summed E-state index contributed by atoms with van der Waals surface area (Å²) in [5.74, 6) is 0.583. The van der Waals surface area contributed by atoms with Crippen LogP contribution in [0.5, 0.6) is 0 Å². The van der Waals surface area contributed by atoms with Gasteiger partial charge in [0.25, 0.3) is 0 Å². The third-order valence-electron chi connectivity index (χ3n) is 3.74. The molecule has 4 N–H and O–H groups in total. The van der Waals surface area contributed by atoms with Gasteiger partial charge in [0.2, 0.25) is 0 Å². The summed E-state index contributed by atoms with van der Waals surface area (Å²) >= 11 is 0. The fourth-order valence-electron chi connectivity index (χ4n) is 2.46. The molecule has 126 valence electrons. The Hall–Kier alpha value is -2.07. The van der Waals surface area contributed by atoms with Crippen LogP contribution in [0, 0.1) is 6.92 Å². The first-order valence-corrected chi connectivity index (χ1v) is 8.13. The second-order valence-corrected chi connectivity index (χ2v) is 5.76. The Kier molecular flexibility index (Phi) is 8.13. The Bertz CT molecular complexity index is 552. The van der Waals surface area contributed by atoms with Crippen LogP contribution in [-0.2, 0) is 6.42 Å². The molecule has 0 aliphatic heterocycles. The predicted octanol–water partition coefficient (Wildman–Crippen LogP) is 3.20. The number of hydrogen-bond donors (Lipinski definition) is 2.